The zero-order valence-electron chi connectivity index (χ0n) is 17.1. The highest BCUT2D eigenvalue weighted by atomic mass is 32.2. The molecule has 1 aromatic carbocycles. The number of nitrogens with one attached hydrogen (secondary N) is 2. The van der Waals surface area contributed by atoms with Crippen LogP contribution in [0.15, 0.2) is 17.1 Å². The minimum absolute atomic E-state index is 0.0270. The summed E-state index contributed by atoms with van der Waals surface area (Å²) in [7, 11) is -1.30. The van der Waals surface area contributed by atoms with Gasteiger partial charge in [-0.3, -0.25) is 4.99 Å². The maximum absolute atomic E-state index is 11.1. The zero-order valence-corrected chi connectivity index (χ0v) is 17.9. The third-order valence-corrected chi connectivity index (χ3v) is 5.09. The number of hydrogen-bond acceptors (Lipinski definition) is 6. The number of sulfone groups is 1. The van der Waals surface area contributed by atoms with Gasteiger partial charge in [0.15, 0.2) is 5.96 Å². The molecular formula is C19H31N3O5S. The molecule has 1 aliphatic rings. The van der Waals surface area contributed by atoms with Crippen LogP contribution in [0.2, 0.25) is 0 Å². The summed E-state index contributed by atoms with van der Waals surface area (Å²) >= 11 is 0. The Morgan fingerprint density at radius 1 is 1.32 bits per heavy atom. The average molecular weight is 414 g/mol. The predicted molar refractivity (Wildman–Crippen MR) is 110 cm³/mol. The minimum Gasteiger partial charge on any atom is -0.494 e. The maximum atomic E-state index is 11.1. The lowest BCUT2D eigenvalue weighted by Gasteiger charge is -2.15. The largest absolute Gasteiger partial charge is 0.494 e. The summed E-state index contributed by atoms with van der Waals surface area (Å²) < 4.78 is 39.1. The van der Waals surface area contributed by atoms with Crippen LogP contribution in [0.1, 0.15) is 25.0 Å². The highest BCUT2D eigenvalue weighted by Crippen LogP contribution is 2.35. The van der Waals surface area contributed by atoms with Crippen LogP contribution in [0.5, 0.6) is 11.5 Å². The third kappa shape index (κ3) is 7.20. The molecule has 0 saturated heterocycles. The molecule has 28 heavy (non-hydrogen) atoms. The Balaban J connectivity index is 1.83. The molecular weight excluding hydrogens is 382 g/mol. The van der Waals surface area contributed by atoms with E-state index >= 15 is 0 Å². The molecule has 2 N–H and O–H groups in total. The first-order chi connectivity index (χ1) is 13.3. The van der Waals surface area contributed by atoms with Crippen molar-refractivity contribution in [3.8, 4) is 11.5 Å². The van der Waals surface area contributed by atoms with Crippen LogP contribution >= 0.6 is 0 Å². The van der Waals surface area contributed by atoms with Crippen molar-refractivity contribution in [1.29, 1.82) is 0 Å². The van der Waals surface area contributed by atoms with Crippen molar-refractivity contribution in [2.45, 2.75) is 32.9 Å². The van der Waals surface area contributed by atoms with Gasteiger partial charge in [-0.25, -0.2) is 8.42 Å². The van der Waals surface area contributed by atoms with E-state index in [9.17, 15) is 8.42 Å². The summed E-state index contributed by atoms with van der Waals surface area (Å²) in [6, 6.07) is 4.09. The molecule has 8 nitrogen and oxygen atoms in total. The smallest absolute Gasteiger partial charge is 0.191 e. The zero-order chi connectivity index (χ0) is 20.6. The summed E-state index contributed by atoms with van der Waals surface area (Å²) in [6.07, 6.45) is 2.28. The first-order valence-corrected chi connectivity index (χ1v) is 11.5. The van der Waals surface area contributed by atoms with Crippen LogP contribution in [-0.4, -0.2) is 65.9 Å². The Morgan fingerprint density at radius 3 is 2.79 bits per heavy atom. The van der Waals surface area contributed by atoms with Crippen LogP contribution < -0.4 is 20.1 Å². The second-order valence-electron chi connectivity index (χ2n) is 6.73. The highest BCUT2D eigenvalue weighted by Gasteiger charge is 2.21. The molecule has 1 aliphatic heterocycles. The van der Waals surface area contributed by atoms with Gasteiger partial charge in [0.2, 0.25) is 0 Å². The number of guanidine groups is 1. The number of hydrogen-bond donors (Lipinski definition) is 2. The van der Waals surface area contributed by atoms with Crippen LogP contribution in [0.4, 0.5) is 0 Å². The summed E-state index contributed by atoms with van der Waals surface area (Å²) in [5.41, 5.74) is 2.18. The summed E-state index contributed by atoms with van der Waals surface area (Å²) in [5.74, 6) is 2.42. The third-order valence-electron chi connectivity index (χ3n) is 4.19. The average Bonchev–Trinajstić information content (AvgIpc) is 2.98. The van der Waals surface area contributed by atoms with Crippen molar-refractivity contribution >= 4 is 15.8 Å². The topological polar surface area (TPSA) is 98.2 Å². The lowest BCUT2D eigenvalue weighted by molar-refractivity contribution is 0.154. The molecule has 1 heterocycles. The molecule has 0 radical (unpaired) electrons. The molecule has 1 aromatic rings. The Bertz CT molecular complexity index is 780. The van der Waals surface area contributed by atoms with E-state index in [-0.39, 0.29) is 18.5 Å². The Labute approximate surface area is 167 Å². The molecule has 1 unspecified atom stereocenters. The summed E-state index contributed by atoms with van der Waals surface area (Å²) in [6.45, 7) is 6.26. The Hall–Kier alpha value is -2.00. The fourth-order valence-electron chi connectivity index (χ4n) is 2.86. The fourth-order valence-corrected chi connectivity index (χ4v) is 3.28. The fraction of sp³-hybridized carbons (Fsp3) is 0.632. The van der Waals surface area contributed by atoms with Crippen molar-refractivity contribution < 1.29 is 22.6 Å². The van der Waals surface area contributed by atoms with Crippen molar-refractivity contribution in [2.24, 2.45) is 4.99 Å². The number of benzene rings is 1. The molecule has 0 bridgehead atoms. The van der Waals surface area contributed by atoms with Crippen LogP contribution in [0.3, 0.4) is 0 Å². The van der Waals surface area contributed by atoms with Crippen molar-refractivity contribution in [3.63, 3.8) is 0 Å². The van der Waals surface area contributed by atoms with Gasteiger partial charge < -0.3 is 24.8 Å². The number of ether oxygens (including phenoxy) is 3. The molecule has 0 aromatic heterocycles. The molecule has 2 rings (SSSR count). The molecule has 158 valence electrons. The maximum Gasteiger partial charge on any atom is 0.191 e. The van der Waals surface area contributed by atoms with E-state index in [2.05, 4.69) is 28.6 Å². The van der Waals surface area contributed by atoms with Crippen molar-refractivity contribution in [3.05, 3.63) is 23.3 Å². The lowest BCUT2D eigenvalue weighted by atomic mass is 10.1. The number of nitrogens with zero attached hydrogens (tertiary/aromatic N) is 1. The van der Waals surface area contributed by atoms with E-state index in [1.807, 2.05) is 13.0 Å². The van der Waals surface area contributed by atoms with Gasteiger partial charge in [-0.2, -0.15) is 0 Å². The van der Waals surface area contributed by atoms with Gasteiger partial charge in [-0.1, -0.05) is 0 Å². The number of aliphatic imine (C=N–C) groups is 1. The van der Waals surface area contributed by atoms with E-state index in [0.717, 1.165) is 23.5 Å². The predicted octanol–water partition coefficient (Wildman–Crippen LogP) is 1.13. The monoisotopic (exact) mass is 413 g/mol. The molecule has 0 fully saturated rings. The van der Waals surface area contributed by atoms with E-state index in [0.29, 0.717) is 32.3 Å². The number of rotatable bonds is 10. The second kappa shape index (κ2) is 10.5. The summed E-state index contributed by atoms with van der Waals surface area (Å²) in [4.78, 5) is 4.19. The molecule has 0 spiro atoms. The van der Waals surface area contributed by atoms with Crippen LogP contribution in [-0.2, 0) is 27.5 Å². The van der Waals surface area contributed by atoms with Gasteiger partial charge in [0.1, 0.15) is 27.4 Å². The Kier molecular flexibility index (Phi) is 8.37. The number of fused-ring (bicyclic) bond motifs is 1. The molecule has 0 amide bonds. The van der Waals surface area contributed by atoms with E-state index < -0.39 is 9.84 Å². The van der Waals surface area contributed by atoms with Gasteiger partial charge in [0.25, 0.3) is 0 Å². The second-order valence-corrected chi connectivity index (χ2v) is 8.99. The van der Waals surface area contributed by atoms with E-state index in [4.69, 9.17) is 14.2 Å². The van der Waals surface area contributed by atoms with Gasteiger partial charge in [-0.05, 0) is 26.0 Å². The van der Waals surface area contributed by atoms with E-state index in [1.165, 1.54) is 11.8 Å². The lowest BCUT2D eigenvalue weighted by Crippen LogP contribution is -2.38. The molecule has 0 saturated carbocycles. The highest BCUT2D eigenvalue weighted by molar-refractivity contribution is 7.90. The SMILES string of the molecule is CCOc1cc2c(cc1CNC(=NC)NCCOCCS(C)(=O)=O)OC(C)C2. The Morgan fingerprint density at radius 2 is 2.11 bits per heavy atom. The first kappa shape index (κ1) is 22.3. The van der Waals surface area contributed by atoms with Gasteiger partial charge in [-0.15, -0.1) is 0 Å². The van der Waals surface area contributed by atoms with Crippen molar-refractivity contribution in [2.75, 3.05) is 45.4 Å². The molecule has 0 aliphatic carbocycles. The van der Waals surface area contributed by atoms with Crippen molar-refractivity contribution in [1.82, 2.24) is 10.6 Å². The summed E-state index contributed by atoms with van der Waals surface area (Å²) in [5, 5.41) is 6.39. The quantitative estimate of drug-likeness (QED) is 0.337. The normalized spacial score (nSPS) is 16.4. The minimum atomic E-state index is -2.99. The molecule has 9 heteroatoms. The molecule has 1 atom stereocenters. The van der Waals surface area contributed by atoms with Gasteiger partial charge in [0.05, 0.1) is 25.6 Å². The van der Waals surface area contributed by atoms with Gasteiger partial charge in [0, 0.05) is 43.9 Å². The van der Waals surface area contributed by atoms with E-state index in [1.54, 1.807) is 7.05 Å². The standard InChI is InChI=1S/C19H31N3O5S/c1-5-26-17-11-15-10-14(2)27-18(15)12-16(17)13-22-19(20-3)21-6-7-25-8-9-28(4,23)24/h11-12,14H,5-10,13H2,1-4H3,(H2,20,21,22). The van der Waals surface area contributed by atoms with Gasteiger partial charge >= 0.3 is 0 Å². The van der Waals surface area contributed by atoms with Crippen LogP contribution in [0.25, 0.3) is 0 Å². The van der Waals surface area contributed by atoms with Crippen LogP contribution in [0, 0.1) is 0 Å². The first-order valence-electron chi connectivity index (χ1n) is 9.47.